The van der Waals surface area contributed by atoms with Gasteiger partial charge in [-0.25, -0.2) is 4.39 Å². The molecule has 4 heteroatoms. The molecule has 0 saturated heterocycles. The van der Waals surface area contributed by atoms with Gasteiger partial charge in [0.2, 0.25) is 0 Å². The van der Waals surface area contributed by atoms with Gasteiger partial charge in [0.05, 0.1) is 4.47 Å². The SMILES string of the molecule is Cc1ccccc1CN(C)C(CN)c1ccc(F)c(Br)c1. The molecule has 0 aromatic heterocycles. The molecular weight excluding hydrogens is 331 g/mol. The zero-order valence-corrected chi connectivity index (χ0v) is 13.9. The maximum atomic E-state index is 13.4. The molecule has 2 aromatic rings. The van der Waals surface area contributed by atoms with Crippen molar-refractivity contribution in [3.05, 3.63) is 69.4 Å². The number of benzene rings is 2. The number of rotatable bonds is 5. The van der Waals surface area contributed by atoms with E-state index in [1.165, 1.54) is 17.2 Å². The summed E-state index contributed by atoms with van der Waals surface area (Å²) >= 11 is 3.24. The predicted octanol–water partition coefficient (Wildman–Crippen LogP) is 4.03. The Balaban J connectivity index is 2.20. The summed E-state index contributed by atoms with van der Waals surface area (Å²) in [7, 11) is 2.04. The van der Waals surface area contributed by atoms with Crippen molar-refractivity contribution >= 4 is 15.9 Å². The standard InChI is InChI=1S/C17H20BrFN2/c1-12-5-3-4-6-14(12)11-21(2)17(10-20)13-7-8-16(19)15(18)9-13/h3-9,17H,10-11,20H2,1-2H3. The maximum absolute atomic E-state index is 13.4. The lowest BCUT2D eigenvalue weighted by molar-refractivity contribution is 0.241. The third-order valence-corrected chi connectivity index (χ3v) is 4.37. The molecule has 0 radical (unpaired) electrons. The molecular formula is C17H20BrFN2. The molecule has 2 N–H and O–H groups in total. The fourth-order valence-corrected chi connectivity index (χ4v) is 2.85. The lowest BCUT2D eigenvalue weighted by Crippen LogP contribution is -2.30. The van der Waals surface area contributed by atoms with E-state index < -0.39 is 0 Å². The van der Waals surface area contributed by atoms with Gasteiger partial charge >= 0.3 is 0 Å². The molecule has 0 aliphatic rings. The van der Waals surface area contributed by atoms with Gasteiger partial charge in [-0.15, -0.1) is 0 Å². The molecule has 2 nitrogen and oxygen atoms in total. The van der Waals surface area contributed by atoms with Crippen LogP contribution in [0.2, 0.25) is 0 Å². The highest BCUT2D eigenvalue weighted by atomic mass is 79.9. The quantitative estimate of drug-likeness (QED) is 0.881. The second-order valence-electron chi connectivity index (χ2n) is 5.27. The van der Waals surface area contributed by atoms with E-state index in [4.69, 9.17) is 5.73 Å². The van der Waals surface area contributed by atoms with Crippen LogP contribution in [-0.4, -0.2) is 18.5 Å². The van der Waals surface area contributed by atoms with Crippen LogP contribution in [-0.2, 0) is 6.54 Å². The third-order valence-electron chi connectivity index (χ3n) is 3.76. The zero-order valence-electron chi connectivity index (χ0n) is 12.3. The van der Waals surface area contributed by atoms with E-state index in [1.54, 1.807) is 12.1 Å². The molecule has 0 bridgehead atoms. The number of likely N-dealkylation sites (N-methyl/N-ethyl adjacent to an activating group) is 1. The van der Waals surface area contributed by atoms with E-state index in [0.29, 0.717) is 11.0 Å². The molecule has 2 rings (SSSR count). The van der Waals surface area contributed by atoms with E-state index >= 15 is 0 Å². The predicted molar refractivity (Wildman–Crippen MR) is 88.5 cm³/mol. The van der Waals surface area contributed by atoms with Gasteiger partial charge in [0.1, 0.15) is 5.82 Å². The number of aryl methyl sites for hydroxylation is 1. The van der Waals surface area contributed by atoms with Crippen molar-refractivity contribution in [2.24, 2.45) is 5.73 Å². The highest BCUT2D eigenvalue weighted by Gasteiger charge is 2.17. The normalized spacial score (nSPS) is 12.7. The highest BCUT2D eigenvalue weighted by molar-refractivity contribution is 9.10. The van der Waals surface area contributed by atoms with E-state index in [1.807, 2.05) is 19.2 Å². The minimum Gasteiger partial charge on any atom is -0.329 e. The average molecular weight is 351 g/mol. The van der Waals surface area contributed by atoms with Gasteiger partial charge in [-0.2, -0.15) is 0 Å². The summed E-state index contributed by atoms with van der Waals surface area (Å²) in [6.07, 6.45) is 0. The summed E-state index contributed by atoms with van der Waals surface area (Å²) in [5.41, 5.74) is 9.49. The molecule has 0 heterocycles. The number of hydrogen-bond acceptors (Lipinski definition) is 2. The number of halogens is 2. The summed E-state index contributed by atoms with van der Waals surface area (Å²) < 4.78 is 13.8. The Morgan fingerprint density at radius 2 is 1.95 bits per heavy atom. The minimum absolute atomic E-state index is 0.0570. The molecule has 0 saturated carbocycles. The maximum Gasteiger partial charge on any atom is 0.137 e. The fourth-order valence-electron chi connectivity index (χ4n) is 2.46. The molecule has 112 valence electrons. The van der Waals surface area contributed by atoms with Crippen molar-refractivity contribution in [3.63, 3.8) is 0 Å². The average Bonchev–Trinajstić information content (AvgIpc) is 2.46. The molecule has 1 atom stereocenters. The molecule has 0 spiro atoms. The topological polar surface area (TPSA) is 29.3 Å². The van der Waals surface area contributed by atoms with Gasteiger partial charge in [0.15, 0.2) is 0 Å². The molecule has 0 amide bonds. The van der Waals surface area contributed by atoms with Crippen molar-refractivity contribution in [1.82, 2.24) is 4.90 Å². The molecule has 1 unspecified atom stereocenters. The van der Waals surface area contributed by atoms with Crippen LogP contribution in [0.4, 0.5) is 4.39 Å². The smallest absolute Gasteiger partial charge is 0.137 e. The van der Waals surface area contributed by atoms with Gasteiger partial charge in [0.25, 0.3) is 0 Å². The second-order valence-corrected chi connectivity index (χ2v) is 6.12. The van der Waals surface area contributed by atoms with Crippen molar-refractivity contribution in [3.8, 4) is 0 Å². The summed E-state index contributed by atoms with van der Waals surface area (Å²) in [5, 5.41) is 0. The second kappa shape index (κ2) is 7.16. The number of nitrogens with two attached hydrogens (primary N) is 1. The van der Waals surface area contributed by atoms with Crippen molar-refractivity contribution in [2.75, 3.05) is 13.6 Å². The molecule has 0 aliphatic carbocycles. The summed E-state index contributed by atoms with van der Waals surface area (Å²) in [4.78, 5) is 2.20. The number of nitrogens with zero attached hydrogens (tertiary/aromatic N) is 1. The first-order chi connectivity index (χ1) is 10.0. The van der Waals surface area contributed by atoms with Crippen LogP contribution in [0.1, 0.15) is 22.7 Å². The van der Waals surface area contributed by atoms with Crippen molar-refractivity contribution < 1.29 is 4.39 Å². The summed E-state index contributed by atoms with van der Waals surface area (Å²) in [6.45, 7) is 3.40. The van der Waals surface area contributed by atoms with Gasteiger partial charge < -0.3 is 5.73 Å². The van der Waals surface area contributed by atoms with Crippen molar-refractivity contribution in [1.29, 1.82) is 0 Å². The molecule has 21 heavy (non-hydrogen) atoms. The summed E-state index contributed by atoms with van der Waals surface area (Å²) in [6, 6.07) is 13.5. The van der Waals surface area contributed by atoms with Crippen LogP contribution in [0, 0.1) is 12.7 Å². The van der Waals surface area contributed by atoms with Crippen LogP contribution in [0.15, 0.2) is 46.9 Å². The lowest BCUT2D eigenvalue weighted by Gasteiger charge is -2.28. The van der Waals surface area contributed by atoms with Crippen LogP contribution in [0.3, 0.4) is 0 Å². The van der Waals surface area contributed by atoms with E-state index in [9.17, 15) is 4.39 Å². The lowest BCUT2D eigenvalue weighted by atomic mass is 10.0. The van der Waals surface area contributed by atoms with E-state index in [0.717, 1.165) is 12.1 Å². The minimum atomic E-state index is -0.254. The van der Waals surface area contributed by atoms with Gasteiger partial charge in [0, 0.05) is 19.1 Å². The highest BCUT2D eigenvalue weighted by Crippen LogP contribution is 2.25. The van der Waals surface area contributed by atoms with E-state index in [2.05, 4.69) is 39.9 Å². The number of hydrogen-bond donors (Lipinski definition) is 1. The molecule has 0 fully saturated rings. The molecule has 0 aliphatic heterocycles. The van der Waals surface area contributed by atoms with Gasteiger partial charge in [-0.1, -0.05) is 30.3 Å². The Morgan fingerprint density at radius 1 is 1.24 bits per heavy atom. The van der Waals surface area contributed by atoms with Crippen LogP contribution >= 0.6 is 15.9 Å². The summed E-state index contributed by atoms with van der Waals surface area (Å²) in [5.74, 6) is -0.254. The largest absolute Gasteiger partial charge is 0.329 e. The molecule has 2 aromatic carbocycles. The Labute approximate surface area is 133 Å². The van der Waals surface area contributed by atoms with Crippen LogP contribution in [0.25, 0.3) is 0 Å². The Kier molecular flexibility index (Phi) is 5.51. The van der Waals surface area contributed by atoms with E-state index in [-0.39, 0.29) is 11.9 Å². The van der Waals surface area contributed by atoms with Gasteiger partial charge in [-0.3, -0.25) is 4.90 Å². The first-order valence-corrected chi connectivity index (χ1v) is 7.72. The Morgan fingerprint density at radius 3 is 2.57 bits per heavy atom. The first-order valence-electron chi connectivity index (χ1n) is 6.92. The van der Waals surface area contributed by atoms with Crippen LogP contribution in [0.5, 0.6) is 0 Å². The zero-order chi connectivity index (χ0) is 15.4. The Hall–Kier alpha value is -1.23. The Bertz CT molecular complexity index is 615. The third kappa shape index (κ3) is 3.90. The van der Waals surface area contributed by atoms with Crippen LogP contribution < -0.4 is 5.73 Å². The fraction of sp³-hybridized carbons (Fsp3) is 0.294. The first kappa shape index (κ1) is 16.1. The monoisotopic (exact) mass is 350 g/mol. The van der Waals surface area contributed by atoms with Crippen molar-refractivity contribution in [2.45, 2.75) is 19.5 Å². The van der Waals surface area contributed by atoms with Gasteiger partial charge in [-0.05, 0) is 58.7 Å².